The van der Waals surface area contributed by atoms with E-state index in [0.717, 1.165) is 37.9 Å². The van der Waals surface area contributed by atoms with Gasteiger partial charge in [-0.2, -0.15) is 0 Å². The van der Waals surface area contributed by atoms with Crippen molar-refractivity contribution in [2.24, 2.45) is 0 Å². The third kappa shape index (κ3) is 10.8. The van der Waals surface area contributed by atoms with Crippen LogP contribution in [0, 0.1) is 0 Å². The van der Waals surface area contributed by atoms with Gasteiger partial charge in [0, 0.05) is 25.9 Å². The highest BCUT2D eigenvalue weighted by atomic mass is 16.5. The van der Waals surface area contributed by atoms with E-state index in [-0.39, 0.29) is 19.1 Å². The van der Waals surface area contributed by atoms with Gasteiger partial charge in [-0.25, -0.2) is 4.79 Å². The third-order valence-corrected chi connectivity index (χ3v) is 5.26. The number of ether oxygens (including phenoxy) is 2. The van der Waals surface area contributed by atoms with E-state index in [9.17, 15) is 9.59 Å². The van der Waals surface area contributed by atoms with Gasteiger partial charge >= 0.3 is 5.97 Å². The lowest BCUT2D eigenvalue weighted by Gasteiger charge is -2.21. The summed E-state index contributed by atoms with van der Waals surface area (Å²) in [5.41, 5.74) is 1.78. The monoisotopic (exact) mass is 446 g/mol. The zero-order chi connectivity index (χ0) is 23.6. The number of unbranched alkanes of at least 4 members (excludes halogenated alkanes) is 7. The Bertz CT molecular complexity index is 690. The molecular weight excluding hydrogens is 404 g/mol. The first-order valence-corrected chi connectivity index (χ1v) is 12.0. The molecule has 32 heavy (non-hydrogen) atoms. The van der Waals surface area contributed by atoms with E-state index in [0.29, 0.717) is 17.9 Å². The molecular formula is C26H42N2O4. The lowest BCUT2D eigenvalue weighted by atomic mass is 10.1. The topological polar surface area (TPSA) is 67.9 Å². The summed E-state index contributed by atoms with van der Waals surface area (Å²) in [4.78, 5) is 26.6. The van der Waals surface area contributed by atoms with Gasteiger partial charge in [-0.05, 0) is 50.8 Å². The first-order valence-electron chi connectivity index (χ1n) is 12.0. The van der Waals surface area contributed by atoms with Crippen LogP contribution in [0.2, 0.25) is 0 Å². The van der Waals surface area contributed by atoms with Crippen molar-refractivity contribution in [1.82, 2.24) is 0 Å². The zero-order valence-corrected chi connectivity index (χ0v) is 20.3. The Hall–Kier alpha value is -2.34. The Balaban J connectivity index is 2.72. The first-order chi connectivity index (χ1) is 15.5. The van der Waals surface area contributed by atoms with Gasteiger partial charge in [0.15, 0.2) is 0 Å². The van der Waals surface area contributed by atoms with Gasteiger partial charge in [0.2, 0.25) is 0 Å². The Morgan fingerprint density at radius 2 is 1.81 bits per heavy atom. The summed E-state index contributed by atoms with van der Waals surface area (Å²) >= 11 is 0. The van der Waals surface area contributed by atoms with Crippen molar-refractivity contribution in [2.45, 2.75) is 71.6 Å². The average molecular weight is 447 g/mol. The molecule has 180 valence electrons. The number of likely N-dealkylation sites (N-methyl/N-ethyl adjacent to an activating group) is 1. The Morgan fingerprint density at radius 1 is 1.06 bits per heavy atom. The molecule has 1 aromatic rings. The van der Waals surface area contributed by atoms with Gasteiger partial charge in [-0.15, -0.1) is 6.58 Å². The third-order valence-electron chi connectivity index (χ3n) is 5.26. The lowest BCUT2D eigenvalue weighted by Crippen LogP contribution is -2.31. The highest BCUT2D eigenvalue weighted by Crippen LogP contribution is 2.25. The molecule has 0 heterocycles. The number of hydrogen-bond donors (Lipinski definition) is 1. The highest BCUT2D eigenvalue weighted by molar-refractivity contribution is 6.03. The molecule has 6 heteroatoms. The SMILES string of the molecule is C=CCCCCOCC(=O)N(C)c1cc(NCCCCCCCC)ccc1C(=O)OCC. The van der Waals surface area contributed by atoms with E-state index in [4.69, 9.17) is 9.47 Å². The fraction of sp³-hybridized carbons (Fsp3) is 0.615. The summed E-state index contributed by atoms with van der Waals surface area (Å²) in [7, 11) is 1.67. The van der Waals surface area contributed by atoms with Crippen LogP contribution in [0.5, 0.6) is 0 Å². The van der Waals surface area contributed by atoms with Gasteiger partial charge in [0.1, 0.15) is 6.61 Å². The minimum Gasteiger partial charge on any atom is -0.462 e. The van der Waals surface area contributed by atoms with Crippen LogP contribution in [0.15, 0.2) is 30.9 Å². The zero-order valence-electron chi connectivity index (χ0n) is 20.3. The molecule has 0 fully saturated rings. The number of carbonyl (C=O) groups excluding carboxylic acids is 2. The van der Waals surface area contributed by atoms with Crippen LogP contribution in [0.3, 0.4) is 0 Å². The van der Waals surface area contributed by atoms with Crippen LogP contribution in [-0.2, 0) is 14.3 Å². The number of carbonyl (C=O) groups is 2. The number of benzene rings is 1. The maximum absolute atomic E-state index is 12.7. The quantitative estimate of drug-likeness (QED) is 0.171. The fourth-order valence-corrected chi connectivity index (χ4v) is 3.32. The maximum Gasteiger partial charge on any atom is 0.340 e. The molecule has 1 N–H and O–H groups in total. The summed E-state index contributed by atoms with van der Waals surface area (Å²) in [5.74, 6) is -0.637. The Labute approximate surface area is 194 Å². The molecule has 1 rings (SSSR count). The van der Waals surface area contributed by atoms with Crippen LogP contribution in [0.4, 0.5) is 11.4 Å². The van der Waals surface area contributed by atoms with Gasteiger partial charge in [-0.1, -0.05) is 45.1 Å². The molecule has 0 bridgehead atoms. The normalized spacial score (nSPS) is 10.6. The predicted octanol–water partition coefficient (Wildman–Crippen LogP) is 5.97. The second kappa shape index (κ2) is 17.2. The van der Waals surface area contributed by atoms with Crippen molar-refractivity contribution < 1.29 is 19.1 Å². The van der Waals surface area contributed by atoms with Crippen molar-refractivity contribution in [3.05, 3.63) is 36.4 Å². The molecule has 0 unspecified atom stereocenters. The molecule has 0 atom stereocenters. The number of nitrogens with one attached hydrogen (secondary N) is 1. The second-order valence-corrected chi connectivity index (χ2v) is 7.94. The molecule has 0 saturated heterocycles. The molecule has 0 saturated carbocycles. The maximum atomic E-state index is 12.7. The highest BCUT2D eigenvalue weighted by Gasteiger charge is 2.20. The number of hydrogen-bond acceptors (Lipinski definition) is 5. The van der Waals surface area contributed by atoms with Gasteiger partial charge in [0.05, 0.1) is 17.9 Å². The molecule has 0 spiro atoms. The average Bonchev–Trinajstić information content (AvgIpc) is 2.80. The van der Waals surface area contributed by atoms with Crippen molar-refractivity contribution >= 4 is 23.3 Å². The number of amides is 1. The van der Waals surface area contributed by atoms with E-state index < -0.39 is 5.97 Å². The minimum absolute atomic E-state index is 0.0255. The Kier molecular flexibility index (Phi) is 14.9. The van der Waals surface area contributed by atoms with Crippen molar-refractivity contribution in [3.63, 3.8) is 0 Å². The second-order valence-electron chi connectivity index (χ2n) is 7.94. The van der Waals surface area contributed by atoms with Crippen molar-refractivity contribution in [3.8, 4) is 0 Å². The van der Waals surface area contributed by atoms with Gasteiger partial charge < -0.3 is 19.7 Å². The van der Waals surface area contributed by atoms with Crippen LogP contribution in [0.1, 0.15) is 82.0 Å². The summed E-state index contributed by atoms with van der Waals surface area (Å²) in [6.45, 7) is 9.32. The van der Waals surface area contributed by atoms with Gasteiger partial charge in [0.25, 0.3) is 5.91 Å². The molecule has 1 amide bonds. The fourth-order valence-electron chi connectivity index (χ4n) is 3.32. The van der Waals surface area contributed by atoms with E-state index in [2.05, 4.69) is 18.8 Å². The van der Waals surface area contributed by atoms with E-state index in [1.807, 2.05) is 18.2 Å². The van der Waals surface area contributed by atoms with Gasteiger partial charge in [-0.3, -0.25) is 4.79 Å². The number of anilines is 2. The van der Waals surface area contributed by atoms with Crippen LogP contribution >= 0.6 is 0 Å². The predicted molar refractivity (Wildman–Crippen MR) is 133 cm³/mol. The Morgan fingerprint density at radius 3 is 2.53 bits per heavy atom. The lowest BCUT2D eigenvalue weighted by molar-refractivity contribution is -0.122. The summed E-state index contributed by atoms with van der Waals surface area (Å²) in [5, 5.41) is 3.41. The molecule has 6 nitrogen and oxygen atoms in total. The molecule has 0 aliphatic carbocycles. The molecule has 0 aromatic heterocycles. The summed E-state index contributed by atoms with van der Waals surface area (Å²) in [6, 6.07) is 5.42. The van der Waals surface area contributed by atoms with Crippen molar-refractivity contribution in [1.29, 1.82) is 0 Å². The van der Waals surface area contributed by atoms with E-state index in [1.54, 1.807) is 20.0 Å². The molecule has 1 aromatic carbocycles. The first kappa shape index (κ1) is 27.7. The molecule has 0 aliphatic rings. The van der Waals surface area contributed by atoms with E-state index >= 15 is 0 Å². The van der Waals surface area contributed by atoms with Crippen LogP contribution < -0.4 is 10.2 Å². The number of esters is 1. The summed E-state index contributed by atoms with van der Waals surface area (Å²) < 4.78 is 10.7. The number of rotatable bonds is 18. The van der Waals surface area contributed by atoms with Crippen molar-refractivity contribution in [2.75, 3.05) is 43.6 Å². The standard InChI is InChI=1S/C26H42N2O4/c1-5-8-10-12-13-14-18-27-22-16-17-23(26(30)32-7-3)24(20-22)28(4)25(29)21-31-19-15-11-9-6-2/h6,16-17,20,27H,2,5,7-15,18-19,21H2,1,3-4H3. The van der Waals surface area contributed by atoms with Crippen LogP contribution in [-0.4, -0.2) is 45.3 Å². The van der Waals surface area contributed by atoms with Crippen LogP contribution in [0.25, 0.3) is 0 Å². The number of allylic oxidation sites excluding steroid dienone is 1. The minimum atomic E-state index is -0.435. The smallest absolute Gasteiger partial charge is 0.340 e. The largest absolute Gasteiger partial charge is 0.462 e. The molecule has 0 radical (unpaired) electrons. The summed E-state index contributed by atoms with van der Waals surface area (Å²) in [6.07, 6.45) is 12.1. The molecule has 0 aliphatic heterocycles. The number of nitrogens with zero attached hydrogens (tertiary/aromatic N) is 1. The van der Waals surface area contributed by atoms with E-state index in [1.165, 1.54) is 37.0 Å².